The van der Waals surface area contributed by atoms with Gasteiger partial charge in [0.15, 0.2) is 0 Å². The summed E-state index contributed by atoms with van der Waals surface area (Å²) >= 11 is 0. The number of benzene rings is 4. The first-order valence-electron chi connectivity index (χ1n) is 9.87. The molecule has 0 aliphatic carbocycles. The Labute approximate surface area is 176 Å². The van der Waals surface area contributed by atoms with Gasteiger partial charge in [-0.1, -0.05) is 34.9 Å². The van der Waals surface area contributed by atoms with Crippen molar-refractivity contribution < 1.29 is 15.3 Å². The lowest BCUT2D eigenvalue weighted by Crippen LogP contribution is -1.89. The summed E-state index contributed by atoms with van der Waals surface area (Å²) in [5, 5.41) is 31.5. The van der Waals surface area contributed by atoms with E-state index < -0.39 is 0 Å². The van der Waals surface area contributed by atoms with Gasteiger partial charge in [0.25, 0.3) is 0 Å². The van der Waals surface area contributed by atoms with E-state index in [1.165, 1.54) is 0 Å². The molecule has 30 heavy (non-hydrogen) atoms. The van der Waals surface area contributed by atoms with Crippen LogP contribution in [0.25, 0.3) is 33.4 Å². The van der Waals surface area contributed by atoms with Crippen LogP contribution in [-0.2, 0) is 0 Å². The summed E-state index contributed by atoms with van der Waals surface area (Å²) in [6.45, 7) is 5.94. The molecule has 4 rings (SSSR count). The minimum Gasteiger partial charge on any atom is -0.507 e. The zero-order valence-corrected chi connectivity index (χ0v) is 17.3. The van der Waals surface area contributed by atoms with Crippen LogP contribution in [0, 0.1) is 20.8 Å². The number of aromatic hydroxyl groups is 3. The van der Waals surface area contributed by atoms with Crippen molar-refractivity contribution in [3.8, 4) is 50.6 Å². The summed E-state index contributed by atoms with van der Waals surface area (Å²) in [5.74, 6) is 0.557. The number of hydrogen-bond acceptors (Lipinski definition) is 3. The molecule has 150 valence electrons. The van der Waals surface area contributed by atoms with E-state index in [0.717, 1.165) is 33.4 Å². The van der Waals surface area contributed by atoms with Crippen molar-refractivity contribution in [2.24, 2.45) is 0 Å². The SMILES string of the molecule is Cc1ccc(O)c(-c2cc(-c3cc(C)ccc3O)cc(-c3cc(C)ccc3O)c2)c1. The zero-order valence-electron chi connectivity index (χ0n) is 17.3. The van der Waals surface area contributed by atoms with Gasteiger partial charge in [0, 0.05) is 16.7 Å². The predicted molar refractivity (Wildman–Crippen MR) is 122 cm³/mol. The van der Waals surface area contributed by atoms with Gasteiger partial charge < -0.3 is 15.3 Å². The molecule has 4 aromatic carbocycles. The average Bonchev–Trinajstić information content (AvgIpc) is 2.73. The van der Waals surface area contributed by atoms with Crippen molar-refractivity contribution in [1.82, 2.24) is 0 Å². The monoisotopic (exact) mass is 396 g/mol. The van der Waals surface area contributed by atoms with E-state index in [4.69, 9.17) is 0 Å². The third kappa shape index (κ3) is 3.74. The van der Waals surface area contributed by atoms with E-state index in [1.54, 1.807) is 18.2 Å². The van der Waals surface area contributed by atoms with Crippen molar-refractivity contribution in [1.29, 1.82) is 0 Å². The van der Waals surface area contributed by atoms with Crippen LogP contribution < -0.4 is 0 Å². The second-order valence-corrected chi connectivity index (χ2v) is 7.86. The van der Waals surface area contributed by atoms with Crippen LogP contribution in [0.1, 0.15) is 16.7 Å². The molecular weight excluding hydrogens is 372 g/mol. The lowest BCUT2D eigenvalue weighted by Gasteiger charge is -2.15. The molecule has 0 saturated heterocycles. The molecule has 0 spiro atoms. The molecule has 0 radical (unpaired) electrons. The molecule has 3 N–H and O–H groups in total. The normalized spacial score (nSPS) is 10.9. The molecule has 0 atom stereocenters. The highest BCUT2D eigenvalue weighted by atomic mass is 16.3. The van der Waals surface area contributed by atoms with Gasteiger partial charge >= 0.3 is 0 Å². The Balaban J connectivity index is 2.03. The Morgan fingerprint density at radius 3 is 0.933 bits per heavy atom. The van der Waals surface area contributed by atoms with Crippen LogP contribution in [0.15, 0.2) is 72.8 Å². The molecule has 0 aliphatic heterocycles. The second kappa shape index (κ2) is 7.60. The Kier molecular flexibility index (Phi) is 4.96. The molecule has 0 aromatic heterocycles. The van der Waals surface area contributed by atoms with E-state index in [-0.39, 0.29) is 17.2 Å². The van der Waals surface area contributed by atoms with Crippen LogP contribution in [0.5, 0.6) is 17.2 Å². The van der Waals surface area contributed by atoms with E-state index >= 15 is 0 Å². The molecule has 0 amide bonds. The topological polar surface area (TPSA) is 60.7 Å². The van der Waals surface area contributed by atoms with Gasteiger partial charge in [-0.2, -0.15) is 0 Å². The van der Waals surface area contributed by atoms with Crippen molar-refractivity contribution in [2.45, 2.75) is 20.8 Å². The quantitative estimate of drug-likeness (QED) is 0.360. The Morgan fingerprint density at radius 2 is 0.667 bits per heavy atom. The number of hydrogen-bond donors (Lipinski definition) is 3. The molecule has 0 heterocycles. The van der Waals surface area contributed by atoms with Gasteiger partial charge in [0.2, 0.25) is 0 Å². The van der Waals surface area contributed by atoms with E-state index in [1.807, 2.05) is 75.4 Å². The van der Waals surface area contributed by atoms with E-state index in [0.29, 0.717) is 16.7 Å². The van der Waals surface area contributed by atoms with Crippen LogP contribution >= 0.6 is 0 Å². The van der Waals surface area contributed by atoms with Crippen molar-refractivity contribution in [2.75, 3.05) is 0 Å². The predicted octanol–water partition coefficient (Wildman–Crippen LogP) is 6.73. The minimum absolute atomic E-state index is 0.186. The fourth-order valence-corrected chi connectivity index (χ4v) is 3.74. The second-order valence-electron chi connectivity index (χ2n) is 7.86. The molecule has 3 nitrogen and oxygen atoms in total. The molecular formula is C27H24O3. The van der Waals surface area contributed by atoms with Crippen molar-refractivity contribution in [3.05, 3.63) is 89.5 Å². The summed E-state index contributed by atoms with van der Waals surface area (Å²) in [7, 11) is 0. The average molecular weight is 396 g/mol. The number of phenols is 3. The maximum absolute atomic E-state index is 10.5. The fraction of sp³-hybridized carbons (Fsp3) is 0.111. The first-order chi connectivity index (χ1) is 14.3. The first kappa shape index (κ1) is 19.6. The van der Waals surface area contributed by atoms with Crippen LogP contribution in [-0.4, -0.2) is 15.3 Å². The Bertz CT molecular complexity index is 1090. The molecule has 0 saturated carbocycles. The van der Waals surface area contributed by atoms with Gasteiger partial charge in [-0.3, -0.25) is 0 Å². The van der Waals surface area contributed by atoms with Gasteiger partial charge in [-0.05, 0) is 92.1 Å². The number of rotatable bonds is 3. The summed E-state index contributed by atoms with van der Waals surface area (Å²) in [4.78, 5) is 0. The van der Waals surface area contributed by atoms with Crippen molar-refractivity contribution in [3.63, 3.8) is 0 Å². The summed E-state index contributed by atoms with van der Waals surface area (Å²) in [6.07, 6.45) is 0. The molecule has 0 unspecified atom stereocenters. The third-order valence-electron chi connectivity index (χ3n) is 5.32. The maximum atomic E-state index is 10.5. The van der Waals surface area contributed by atoms with Gasteiger partial charge in [-0.15, -0.1) is 0 Å². The Morgan fingerprint density at radius 1 is 0.400 bits per heavy atom. The van der Waals surface area contributed by atoms with Crippen LogP contribution in [0.4, 0.5) is 0 Å². The lowest BCUT2D eigenvalue weighted by molar-refractivity contribution is 0.477. The fourth-order valence-electron chi connectivity index (χ4n) is 3.74. The number of aryl methyl sites for hydroxylation is 3. The molecule has 0 aliphatic rings. The smallest absolute Gasteiger partial charge is 0.123 e. The maximum Gasteiger partial charge on any atom is 0.123 e. The summed E-state index contributed by atoms with van der Waals surface area (Å²) < 4.78 is 0. The third-order valence-corrected chi connectivity index (χ3v) is 5.32. The lowest BCUT2D eigenvalue weighted by atomic mass is 9.91. The van der Waals surface area contributed by atoms with E-state index in [9.17, 15) is 15.3 Å². The van der Waals surface area contributed by atoms with Gasteiger partial charge in [0.05, 0.1) is 0 Å². The van der Waals surface area contributed by atoms with Crippen LogP contribution in [0.3, 0.4) is 0 Å². The van der Waals surface area contributed by atoms with Crippen LogP contribution in [0.2, 0.25) is 0 Å². The number of phenolic OH excluding ortho intramolecular Hbond substituents is 3. The van der Waals surface area contributed by atoms with Gasteiger partial charge in [0.1, 0.15) is 17.2 Å². The molecule has 3 heteroatoms. The Hall–Kier alpha value is -3.72. The highest BCUT2D eigenvalue weighted by Crippen LogP contribution is 2.41. The zero-order chi connectivity index (χ0) is 21.4. The minimum atomic E-state index is 0.186. The summed E-state index contributed by atoms with van der Waals surface area (Å²) in [6, 6.07) is 22.3. The highest BCUT2D eigenvalue weighted by molar-refractivity contribution is 5.86. The van der Waals surface area contributed by atoms with E-state index in [2.05, 4.69) is 0 Å². The van der Waals surface area contributed by atoms with Crippen molar-refractivity contribution >= 4 is 0 Å². The largest absolute Gasteiger partial charge is 0.507 e. The molecule has 4 aromatic rings. The highest BCUT2D eigenvalue weighted by Gasteiger charge is 2.14. The molecule has 0 bridgehead atoms. The first-order valence-corrected chi connectivity index (χ1v) is 9.87. The standard InChI is InChI=1S/C27H24O3/c1-16-4-7-25(28)22(10-16)19-13-20(23-11-17(2)5-8-26(23)29)15-21(14-19)24-12-18(3)6-9-27(24)30/h4-15,28-30H,1-3H3. The molecule has 0 fully saturated rings. The van der Waals surface area contributed by atoms with Gasteiger partial charge in [-0.25, -0.2) is 0 Å². The summed E-state index contributed by atoms with van der Waals surface area (Å²) in [5.41, 5.74) is 7.65.